The number of benzene rings is 2. The fourth-order valence-corrected chi connectivity index (χ4v) is 8.63. The van der Waals surface area contributed by atoms with Crippen molar-refractivity contribution in [2.45, 2.75) is 96.6 Å². The molecule has 0 aliphatic carbocycles. The van der Waals surface area contributed by atoms with Gasteiger partial charge < -0.3 is 63.6 Å². The number of aliphatic hydroxyl groups excluding tert-OH is 3. The molecule has 4 aliphatic rings. The number of carbonyl (C=O) groups excluding carboxylic acids is 4. The molecular formula is C45H48N4O16. The Balaban J connectivity index is 0.900. The number of hydrogen-bond acceptors (Lipinski definition) is 16. The van der Waals surface area contributed by atoms with Crippen molar-refractivity contribution in [1.82, 2.24) is 19.4 Å². The lowest BCUT2D eigenvalue weighted by atomic mass is 9.86. The molecule has 5 N–H and O–H groups in total. The molecule has 20 heteroatoms. The number of cyclic esters (lactones) is 1. The number of carboxylic acids is 1. The van der Waals surface area contributed by atoms with E-state index >= 15 is 0 Å². The SMILES string of the molecule is CCc1c2c(nc3ccc(OC(=O)N4CCN(C(=O)OCc5ccc(O[C@@H]6O[C@H](C(=O)O)[C@@H](O)[C@H](O)[C@H]6O)c(C(=O)C(C)C)c5)CC4)cc13)-c1cc3c(c(=O)n1C2)COC(=O)[C@]3(O)CC. The van der Waals surface area contributed by atoms with Gasteiger partial charge in [0, 0.05) is 48.6 Å². The number of aliphatic carboxylic acids is 1. The smallest absolute Gasteiger partial charge is 0.415 e. The number of fused-ring (bicyclic) bond motifs is 5. The Morgan fingerprint density at radius 1 is 0.908 bits per heavy atom. The van der Waals surface area contributed by atoms with E-state index in [-0.39, 0.29) is 86.1 Å². The molecule has 2 amide bonds. The topological polar surface area (TPSA) is 274 Å². The average molecular weight is 901 g/mol. The lowest BCUT2D eigenvalue weighted by molar-refractivity contribution is -0.271. The molecule has 0 radical (unpaired) electrons. The van der Waals surface area contributed by atoms with E-state index in [9.17, 15) is 54.3 Å². The maximum absolute atomic E-state index is 13.7. The van der Waals surface area contributed by atoms with E-state index in [1.165, 1.54) is 28.0 Å². The van der Waals surface area contributed by atoms with E-state index in [0.717, 1.165) is 16.5 Å². The van der Waals surface area contributed by atoms with Crippen LogP contribution in [0.4, 0.5) is 9.59 Å². The number of carboxylic acid groups (broad SMARTS) is 1. The normalized spacial score (nSPS) is 23.6. The van der Waals surface area contributed by atoms with Crippen molar-refractivity contribution in [3.05, 3.63) is 86.2 Å². The first-order chi connectivity index (χ1) is 30.9. The van der Waals surface area contributed by atoms with Crippen molar-refractivity contribution >= 4 is 40.8 Å². The van der Waals surface area contributed by atoms with Gasteiger partial charge in [-0.05, 0) is 60.4 Å². The number of aliphatic hydroxyl groups is 4. The van der Waals surface area contributed by atoms with Crippen molar-refractivity contribution in [2.24, 2.45) is 5.92 Å². The Bertz CT molecular complexity index is 2670. The van der Waals surface area contributed by atoms with Crippen LogP contribution in [-0.2, 0) is 55.6 Å². The minimum Gasteiger partial charge on any atom is -0.479 e. The van der Waals surface area contributed by atoms with Crippen molar-refractivity contribution < 1.29 is 73.2 Å². The van der Waals surface area contributed by atoms with Crippen LogP contribution in [0.25, 0.3) is 22.3 Å². The second-order valence-electron chi connectivity index (χ2n) is 16.7. The van der Waals surface area contributed by atoms with Gasteiger partial charge in [-0.3, -0.25) is 9.59 Å². The summed E-state index contributed by atoms with van der Waals surface area (Å²) in [7, 11) is 0. The highest BCUT2D eigenvalue weighted by atomic mass is 16.7. The first-order valence-corrected chi connectivity index (χ1v) is 21.2. The number of aryl methyl sites for hydroxylation is 1. The number of ether oxygens (including phenoxy) is 5. The second-order valence-corrected chi connectivity index (χ2v) is 16.7. The summed E-state index contributed by atoms with van der Waals surface area (Å²) in [4.78, 5) is 85.4. The lowest BCUT2D eigenvalue weighted by Crippen LogP contribution is -2.61. The largest absolute Gasteiger partial charge is 0.479 e. The van der Waals surface area contributed by atoms with Crippen LogP contribution in [-0.4, -0.2) is 132 Å². The zero-order chi connectivity index (χ0) is 46.6. The summed E-state index contributed by atoms with van der Waals surface area (Å²) in [6, 6.07) is 11.0. The number of piperazine rings is 1. The lowest BCUT2D eigenvalue weighted by Gasteiger charge is -2.38. The van der Waals surface area contributed by atoms with Crippen LogP contribution in [0.3, 0.4) is 0 Å². The number of rotatable bonds is 10. The van der Waals surface area contributed by atoms with Crippen molar-refractivity contribution in [3.63, 3.8) is 0 Å². The average Bonchev–Trinajstić information content (AvgIpc) is 3.67. The molecule has 20 nitrogen and oxygen atoms in total. The van der Waals surface area contributed by atoms with Gasteiger partial charge >= 0.3 is 24.1 Å². The molecule has 2 saturated heterocycles. The number of hydrogen-bond donors (Lipinski definition) is 5. The summed E-state index contributed by atoms with van der Waals surface area (Å²) >= 11 is 0. The molecule has 0 saturated carbocycles. The van der Waals surface area contributed by atoms with Gasteiger partial charge in [-0.25, -0.2) is 24.2 Å². The minimum atomic E-state index is -1.95. The number of nitrogens with zero attached hydrogens (tertiary/aromatic N) is 4. The minimum absolute atomic E-state index is 0.0175. The molecule has 0 bridgehead atoms. The van der Waals surface area contributed by atoms with Gasteiger partial charge in [0.05, 0.1) is 34.6 Å². The number of esters is 1. The van der Waals surface area contributed by atoms with Crippen LogP contribution in [0.2, 0.25) is 0 Å². The molecule has 6 heterocycles. The monoisotopic (exact) mass is 900 g/mol. The van der Waals surface area contributed by atoms with Crippen molar-refractivity contribution in [1.29, 1.82) is 0 Å². The molecule has 4 aromatic rings. The van der Waals surface area contributed by atoms with Crippen LogP contribution < -0.4 is 15.0 Å². The first kappa shape index (κ1) is 45.1. The van der Waals surface area contributed by atoms with Gasteiger partial charge in [-0.2, -0.15) is 0 Å². The number of pyridine rings is 2. The zero-order valence-corrected chi connectivity index (χ0v) is 35.9. The Kier molecular flexibility index (Phi) is 12.2. The second kappa shape index (κ2) is 17.5. The van der Waals surface area contributed by atoms with Crippen LogP contribution >= 0.6 is 0 Å². The molecule has 2 fully saturated rings. The first-order valence-electron chi connectivity index (χ1n) is 21.2. The molecule has 65 heavy (non-hydrogen) atoms. The molecule has 6 atom stereocenters. The third-order valence-electron chi connectivity index (χ3n) is 12.4. The Morgan fingerprint density at radius 3 is 2.28 bits per heavy atom. The van der Waals surface area contributed by atoms with E-state index in [1.54, 1.807) is 49.6 Å². The highest BCUT2D eigenvalue weighted by molar-refractivity contribution is 6.00. The highest BCUT2D eigenvalue weighted by Gasteiger charge is 2.49. The van der Waals surface area contributed by atoms with E-state index < -0.39 is 72.1 Å². The van der Waals surface area contributed by atoms with E-state index in [2.05, 4.69) is 0 Å². The van der Waals surface area contributed by atoms with Gasteiger partial charge in [-0.15, -0.1) is 0 Å². The van der Waals surface area contributed by atoms with Gasteiger partial charge in [0.1, 0.15) is 43.0 Å². The molecule has 344 valence electrons. The third kappa shape index (κ3) is 8.05. The maximum atomic E-state index is 13.7. The molecule has 0 spiro atoms. The molecular weight excluding hydrogens is 853 g/mol. The summed E-state index contributed by atoms with van der Waals surface area (Å²) in [5, 5.41) is 52.0. The Morgan fingerprint density at radius 2 is 1.62 bits per heavy atom. The summed E-state index contributed by atoms with van der Waals surface area (Å²) < 4.78 is 29.0. The third-order valence-corrected chi connectivity index (χ3v) is 12.4. The standard InChI is InChI=1S/C45H48N4O16/c1-5-24-25-16-23(8-9-30(25)46-33-27(24)18-49-31(33)17-29-28(39(49)54)20-61-42(57)45(29,60)6-2)63-44(59)48-13-11-47(12-14-48)43(58)62-19-22-7-10-32(26(15-22)34(50)21(3)4)64-41-37(53)35(51)36(52)38(65-41)40(55)56/h7-10,15-17,21,35-38,41,51-53,60H,5-6,11-14,18-20H2,1-4H3,(H,55,56)/t35-,36-,37+,38-,41+,45-/m0/s1. The number of Topliss-reactive ketones (excluding diaryl/α,β-unsaturated/α-hetero) is 1. The molecule has 2 aromatic heterocycles. The molecule has 4 aliphatic heterocycles. The van der Waals surface area contributed by atoms with Crippen molar-refractivity contribution in [2.75, 3.05) is 26.2 Å². The van der Waals surface area contributed by atoms with Gasteiger partial charge in [-0.1, -0.05) is 33.8 Å². The van der Waals surface area contributed by atoms with Crippen LogP contribution in [0.15, 0.2) is 47.3 Å². The zero-order valence-electron chi connectivity index (χ0n) is 35.9. The summed E-state index contributed by atoms with van der Waals surface area (Å²) in [6.45, 7) is 7.16. The van der Waals surface area contributed by atoms with E-state index in [4.69, 9.17) is 28.7 Å². The van der Waals surface area contributed by atoms with Crippen molar-refractivity contribution in [3.8, 4) is 22.9 Å². The van der Waals surface area contributed by atoms with E-state index in [0.29, 0.717) is 28.9 Å². The quantitative estimate of drug-likeness (QED) is 0.0993. The summed E-state index contributed by atoms with van der Waals surface area (Å²) in [5.41, 5.74) is 1.91. The van der Waals surface area contributed by atoms with Crippen LogP contribution in [0.5, 0.6) is 11.5 Å². The fraction of sp³-hybridized carbons (Fsp3) is 0.444. The number of ketones is 1. The van der Waals surface area contributed by atoms with Gasteiger partial charge in [0.25, 0.3) is 5.56 Å². The van der Waals surface area contributed by atoms with Gasteiger partial charge in [0.2, 0.25) is 6.29 Å². The van der Waals surface area contributed by atoms with Gasteiger partial charge in [0.15, 0.2) is 17.5 Å². The van der Waals surface area contributed by atoms with Crippen LogP contribution in [0, 0.1) is 5.92 Å². The maximum Gasteiger partial charge on any atom is 0.415 e. The fourth-order valence-electron chi connectivity index (χ4n) is 8.63. The Hall–Kier alpha value is -6.45. The summed E-state index contributed by atoms with van der Waals surface area (Å²) in [5.74, 6) is -3.15. The number of aromatic nitrogens is 2. The molecule has 2 aromatic carbocycles. The van der Waals surface area contributed by atoms with E-state index in [1.807, 2.05) is 6.92 Å². The number of carbonyl (C=O) groups is 5. The summed E-state index contributed by atoms with van der Waals surface area (Å²) in [6.07, 6.45) is -10.1. The number of amides is 2. The Labute approximate surface area is 370 Å². The highest BCUT2D eigenvalue weighted by Crippen LogP contribution is 2.41. The predicted octanol–water partition coefficient (Wildman–Crippen LogP) is 2.20. The molecule has 0 unspecified atom stereocenters. The predicted molar refractivity (Wildman–Crippen MR) is 224 cm³/mol. The van der Waals surface area contributed by atoms with Crippen LogP contribution in [0.1, 0.15) is 72.3 Å². The molecule has 8 rings (SSSR count).